The molecule has 0 heterocycles. The zero-order chi connectivity index (χ0) is 24.1. The fraction of sp³-hybridized carbons (Fsp3) is 0.222. The first-order valence-electron chi connectivity index (χ1n) is 11.1. The summed E-state index contributed by atoms with van der Waals surface area (Å²) in [6, 6.07) is 23.8. The molecule has 0 aromatic heterocycles. The first-order chi connectivity index (χ1) is 16.4. The number of benzene rings is 3. The molecule has 0 fully saturated rings. The Bertz CT molecular complexity index is 1150. The molecule has 1 aliphatic carbocycles. The number of hydrogen-bond acceptors (Lipinski definition) is 4. The number of amides is 2. The van der Waals surface area contributed by atoms with Crippen LogP contribution in [0.4, 0.5) is 4.79 Å². The molecule has 1 aliphatic rings. The van der Waals surface area contributed by atoms with Gasteiger partial charge in [-0.25, -0.2) is 4.79 Å². The number of alkyl carbamates (subject to hydrolysis) is 1. The maximum Gasteiger partial charge on any atom is 0.407 e. The number of thiol groups is 1. The predicted octanol–water partition coefficient (Wildman–Crippen LogP) is 4.10. The van der Waals surface area contributed by atoms with Crippen LogP contribution in [-0.4, -0.2) is 35.8 Å². The highest BCUT2D eigenvalue weighted by molar-refractivity contribution is 7.96. The first-order valence-corrected chi connectivity index (χ1v) is 11.6. The number of ether oxygens (including phenoxy) is 1. The maximum atomic E-state index is 12.8. The van der Waals surface area contributed by atoms with Crippen LogP contribution in [0, 0.1) is 0 Å². The lowest BCUT2D eigenvalue weighted by Crippen LogP contribution is -2.51. The van der Waals surface area contributed by atoms with Crippen LogP contribution in [0.5, 0.6) is 0 Å². The van der Waals surface area contributed by atoms with Crippen LogP contribution in [0.3, 0.4) is 0 Å². The molecule has 2 amide bonds. The number of carbonyl (C=O) groups is 3. The van der Waals surface area contributed by atoms with Crippen molar-refractivity contribution in [3.05, 3.63) is 95.6 Å². The quantitative estimate of drug-likeness (QED) is 0.429. The summed E-state index contributed by atoms with van der Waals surface area (Å²) in [6.07, 6.45) is -0.438. The molecular formula is C27H26N2O4S. The molecule has 6 nitrogen and oxygen atoms in total. The Morgan fingerprint density at radius 1 is 0.853 bits per heavy atom. The Labute approximate surface area is 204 Å². The second-order valence-corrected chi connectivity index (χ2v) is 8.72. The second kappa shape index (κ2) is 10.6. The van der Waals surface area contributed by atoms with Crippen molar-refractivity contribution in [3.8, 4) is 11.1 Å². The van der Waals surface area contributed by atoms with E-state index >= 15 is 0 Å². The number of fused-ring (bicyclic) bond motifs is 3. The summed E-state index contributed by atoms with van der Waals surface area (Å²) in [5.74, 6) is -0.561. The molecule has 4 rings (SSSR count). The molecule has 174 valence electrons. The summed E-state index contributed by atoms with van der Waals surface area (Å²) in [7, 11) is 0. The van der Waals surface area contributed by atoms with Crippen molar-refractivity contribution in [2.24, 2.45) is 0 Å². The number of nitrogens with one attached hydrogen (secondary N) is 2. The normalized spacial score (nSPS) is 13.8. The monoisotopic (exact) mass is 474 g/mol. The lowest BCUT2D eigenvalue weighted by molar-refractivity contribution is -0.126. The van der Waals surface area contributed by atoms with Crippen molar-refractivity contribution >= 4 is 29.7 Å². The minimum absolute atomic E-state index is 0.0821. The van der Waals surface area contributed by atoms with Gasteiger partial charge in [0.15, 0.2) is 0 Å². The van der Waals surface area contributed by atoms with Crippen LogP contribution in [0.1, 0.15) is 29.5 Å². The number of carbonyl (C=O) groups excluding carboxylic acids is 3. The van der Waals surface area contributed by atoms with Gasteiger partial charge in [0, 0.05) is 12.3 Å². The topological polar surface area (TPSA) is 84.5 Å². The maximum absolute atomic E-state index is 12.8. The molecule has 0 spiro atoms. The minimum atomic E-state index is -0.909. The third-order valence-corrected chi connectivity index (χ3v) is 6.35. The van der Waals surface area contributed by atoms with Crippen molar-refractivity contribution < 1.29 is 19.1 Å². The fourth-order valence-electron chi connectivity index (χ4n) is 4.22. The van der Waals surface area contributed by atoms with Gasteiger partial charge in [-0.15, -0.1) is 12.6 Å². The standard InChI is InChI=1S/C27H26N2O4S/c1-17(26(31)34)28-25(30)24(15-18-9-3-2-4-10-18)29-27(32)33-16-23-21-13-7-5-11-19(21)20-12-6-8-14-22(20)23/h2-14,17,23-24H,15-16H2,1H3,(H,28,30)(H,29,32)(H,31,34)/t17-,24+/m1/s1. The molecule has 0 unspecified atom stereocenters. The van der Waals surface area contributed by atoms with Crippen LogP contribution >= 0.6 is 12.6 Å². The van der Waals surface area contributed by atoms with Crippen LogP contribution in [0.25, 0.3) is 11.1 Å². The Morgan fingerprint density at radius 2 is 1.41 bits per heavy atom. The predicted molar refractivity (Wildman–Crippen MR) is 134 cm³/mol. The first kappa shape index (κ1) is 23.6. The summed E-state index contributed by atoms with van der Waals surface area (Å²) < 4.78 is 5.60. The molecule has 34 heavy (non-hydrogen) atoms. The second-order valence-electron chi connectivity index (χ2n) is 8.28. The summed E-state index contributed by atoms with van der Waals surface area (Å²) in [4.78, 5) is 37.0. The zero-order valence-corrected chi connectivity index (χ0v) is 19.6. The van der Waals surface area contributed by atoms with Gasteiger partial charge in [-0.2, -0.15) is 0 Å². The van der Waals surface area contributed by atoms with Gasteiger partial charge in [-0.3, -0.25) is 9.59 Å². The highest BCUT2D eigenvalue weighted by Gasteiger charge is 2.30. The van der Waals surface area contributed by atoms with Gasteiger partial charge in [0.1, 0.15) is 12.6 Å². The van der Waals surface area contributed by atoms with Gasteiger partial charge in [-0.05, 0) is 34.7 Å². The lowest BCUT2D eigenvalue weighted by atomic mass is 9.98. The van der Waals surface area contributed by atoms with Crippen LogP contribution < -0.4 is 10.6 Å². The zero-order valence-electron chi connectivity index (χ0n) is 18.7. The molecule has 0 aliphatic heterocycles. The van der Waals surface area contributed by atoms with Gasteiger partial charge < -0.3 is 15.4 Å². The molecule has 2 atom stereocenters. The SMILES string of the molecule is C[C@@H](NC(=O)[C@H](Cc1ccccc1)NC(=O)OCC1c2ccccc2-c2ccccc21)C(=O)S. The number of rotatable bonds is 8. The smallest absolute Gasteiger partial charge is 0.407 e. The van der Waals surface area contributed by atoms with Crippen LogP contribution in [-0.2, 0) is 20.7 Å². The Balaban J connectivity index is 1.45. The van der Waals surface area contributed by atoms with Gasteiger partial charge in [0.2, 0.25) is 11.0 Å². The molecule has 3 aromatic carbocycles. The molecule has 0 saturated carbocycles. The van der Waals surface area contributed by atoms with E-state index in [0.29, 0.717) is 0 Å². The Kier molecular flexibility index (Phi) is 7.33. The van der Waals surface area contributed by atoms with Crippen molar-refractivity contribution in [2.45, 2.75) is 31.3 Å². The van der Waals surface area contributed by atoms with E-state index in [4.69, 9.17) is 4.74 Å². The van der Waals surface area contributed by atoms with Crippen molar-refractivity contribution in [1.82, 2.24) is 10.6 Å². The van der Waals surface area contributed by atoms with Gasteiger partial charge in [0.25, 0.3) is 0 Å². The highest BCUT2D eigenvalue weighted by Crippen LogP contribution is 2.44. The fourth-order valence-corrected chi connectivity index (χ4v) is 4.28. The third-order valence-electron chi connectivity index (χ3n) is 5.96. The third kappa shape index (κ3) is 5.31. The summed E-state index contributed by atoms with van der Waals surface area (Å²) in [5.41, 5.74) is 5.36. The van der Waals surface area contributed by atoms with E-state index < -0.39 is 29.2 Å². The average Bonchev–Trinajstić information content (AvgIpc) is 3.16. The van der Waals surface area contributed by atoms with Crippen molar-refractivity contribution in [2.75, 3.05) is 6.61 Å². The summed E-state index contributed by atoms with van der Waals surface area (Å²) >= 11 is 3.77. The van der Waals surface area contributed by atoms with Crippen LogP contribution in [0.15, 0.2) is 78.9 Å². The summed E-state index contributed by atoms with van der Waals surface area (Å²) in [6.45, 7) is 1.69. The van der Waals surface area contributed by atoms with E-state index in [0.717, 1.165) is 27.8 Å². The van der Waals surface area contributed by atoms with E-state index in [1.54, 1.807) is 6.92 Å². The molecule has 3 aromatic rings. The van der Waals surface area contributed by atoms with Crippen molar-refractivity contribution in [1.29, 1.82) is 0 Å². The van der Waals surface area contributed by atoms with E-state index in [1.807, 2.05) is 66.7 Å². The van der Waals surface area contributed by atoms with Gasteiger partial charge >= 0.3 is 6.09 Å². The highest BCUT2D eigenvalue weighted by atomic mass is 32.1. The van der Waals surface area contributed by atoms with Gasteiger partial charge in [0.05, 0.1) is 6.04 Å². The molecular weight excluding hydrogens is 448 g/mol. The number of hydrogen-bond donors (Lipinski definition) is 3. The molecule has 7 heteroatoms. The van der Waals surface area contributed by atoms with E-state index in [9.17, 15) is 14.4 Å². The summed E-state index contributed by atoms with van der Waals surface area (Å²) in [5, 5.41) is 4.80. The molecule has 0 radical (unpaired) electrons. The molecule has 0 bridgehead atoms. The Hall–Kier alpha value is -3.58. The largest absolute Gasteiger partial charge is 0.449 e. The van der Waals surface area contributed by atoms with Crippen LogP contribution in [0.2, 0.25) is 0 Å². The van der Waals surface area contributed by atoms with Gasteiger partial charge in [-0.1, -0.05) is 78.9 Å². The van der Waals surface area contributed by atoms with E-state index in [1.165, 1.54) is 0 Å². The molecule has 2 N–H and O–H groups in total. The van der Waals surface area contributed by atoms with E-state index in [2.05, 4.69) is 35.4 Å². The van der Waals surface area contributed by atoms with E-state index in [-0.39, 0.29) is 18.9 Å². The molecule has 0 saturated heterocycles. The van der Waals surface area contributed by atoms with Crippen molar-refractivity contribution in [3.63, 3.8) is 0 Å². The lowest BCUT2D eigenvalue weighted by Gasteiger charge is -2.21. The average molecular weight is 475 g/mol. The minimum Gasteiger partial charge on any atom is -0.449 e. The Morgan fingerprint density at radius 3 is 2.00 bits per heavy atom.